The molecule has 0 spiro atoms. The maximum absolute atomic E-state index is 13.5. The number of carbonyl (C=O) groups excluding carboxylic acids is 2. The third-order valence-electron chi connectivity index (χ3n) is 5.32. The van der Waals surface area contributed by atoms with Crippen molar-refractivity contribution in [2.75, 3.05) is 17.1 Å². The first-order valence-corrected chi connectivity index (χ1v) is 14.0. The predicted molar refractivity (Wildman–Crippen MR) is 141 cm³/mol. The molecule has 0 aliphatic carbocycles. The van der Waals surface area contributed by atoms with Crippen LogP contribution in [-0.4, -0.2) is 50.0 Å². The Balaban J connectivity index is 2.41. The van der Waals surface area contributed by atoms with Gasteiger partial charge in [0.2, 0.25) is 21.8 Å². The van der Waals surface area contributed by atoms with Gasteiger partial charge in [-0.1, -0.05) is 52.1 Å². The molecule has 2 rings (SSSR count). The molecular formula is C23H28BrCl2N3O4S. The first-order chi connectivity index (χ1) is 15.8. The Morgan fingerprint density at radius 3 is 2.24 bits per heavy atom. The summed E-state index contributed by atoms with van der Waals surface area (Å²) in [5, 5.41) is 3.65. The lowest BCUT2D eigenvalue weighted by molar-refractivity contribution is -0.139. The van der Waals surface area contributed by atoms with Gasteiger partial charge in [-0.2, -0.15) is 0 Å². The summed E-state index contributed by atoms with van der Waals surface area (Å²) in [6.45, 7) is 4.93. The van der Waals surface area contributed by atoms with Crippen molar-refractivity contribution in [1.29, 1.82) is 0 Å². The Morgan fingerprint density at radius 1 is 1.09 bits per heavy atom. The van der Waals surface area contributed by atoms with Crippen LogP contribution in [0.4, 0.5) is 5.69 Å². The molecule has 0 saturated heterocycles. The number of halogens is 3. The maximum Gasteiger partial charge on any atom is 0.244 e. The Labute approximate surface area is 219 Å². The van der Waals surface area contributed by atoms with Crippen molar-refractivity contribution in [1.82, 2.24) is 10.2 Å². The number of nitrogens with zero attached hydrogens (tertiary/aromatic N) is 2. The van der Waals surface area contributed by atoms with Crippen molar-refractivity contribution in [3.05, 3.63) is 62.5 Å². The fourth-order valence-corrected chi connectivity index (χ4v) is 4.68. The van der Waals surface area contributed by atoms with Crippen molar-refractivity contribution in [2.45, 2.75) is 45.8 Å². The molecule has 0 heterocycles. The highest BCUT2D eigenvalue weighted by Crippen LogP contribution is 2.25. The molecule has 0 saturated carbocycles. The molecule has 2 aromatic carbocycles. The fraction of sp³-hybridized carbons (Fsp3) is 0.391. The minimum atomic E-state index is -3.79. The number of anilines is 1. The van der Waals surface area contributed by atoms with Gasteiger partial charge < -0.3 is 10.2 Å². The van der Waals surface area contributed by atoms with Gasteiger partial charge >= 0.3 is 0 Å². The second kappa shape index (κ2) is 12.2. The second-order valence-electron chi connectivity index (χ2n) is 8.00. The zero-order chi connectivity index (χ0) is 25.6. The number of carbonyl (C=O) groups is 2. The van der Waals surface area contributed by atoms with Crippen LogP contribution in [0.2, 0.25) is 10.0 Å². The molecule has 34 heavy (non-hydrogen) atoms. The highest BCUT2D eigenvalue weighted by Gasteiger charge is 2.30. The lowest BCUT2D eigenvalue weighted by atomic mass is 10.1. The Morgan fingerprint density at radius 2 is 1.71 bits per heavy atom. The van der Waals surface area contributed by atoms with Gasteiger partial charge in [-0.3, -0.25) is 13.9 Å². The summed E-state index contributed by atoms with van der Waals surface area (Å²) in [6.07, 6.45) is 1.75. The van der Waals surface area contributed by atoms with Crippen LogP contribution in [0.3, 0.4) is 0 Å². The maximum atomic E-state index is 13.5. The zero-order valence-electron chi connectivity index (χ0n) is 19.4. The molecule has 0 radical (unpaired) electrons. The highest BCUT2D eigenvalue weighted by atomic mass is 79.9. The largest absolute Gasteiger partial charge is 0.352 e. The van der Waals surface area contributed by atoms with E-state index in [1.54, 1.807) is 49.4 Å². The van der Waals surface area contributed by atoms with E-state index in [0.29, 0.717) is 21.3 Å². The van der Waals surface area contributed by atoms with Gasteiger partial charge in [0.05, 0.1) is 11.9 Å². The van der Waals surface area contributed by atoms with Crippen LogP contribution in [0.15, 0.2) is 46.9 Å². The number of benzene rings is 2. The molecule has 0 aliphatic rings. The second-order valence-corrected chi connectivity index (χ2v) is 11.7. The molecule has 2 amide bonds. The topological polar surface area (TPSA) is 86.8 Å². The molecule has 0 aliphatic heterocycles. The molecule has 186 valence electrons. The molecule has 0 fully saturated rings. The van der Waals surface area contributed by atoms with Gasteiger partial charge in [0.25, 0.3) is 0 Å². The van der Waals surface area contributed by atoms with Gasteiger partial charge in [0.15, 0.2) is 0 Å². The zero-order valence-corrected chi connectivity index (χ0v) is 23.3. The molecule has 0 unspecified atom stereocenters. The molecule has 2 atom stereocenters. The van der Waals surface area contributed by atoms with E-state index in [4.69, 9.17) is 23.2 Å². The van der Waals surface area contributed by atoms with E-state index < -0.39 is 28.5 Å². The molecule has 2 aromatic rings. The van der Waals surface area contributed by atoms with E-state index in [1.807, 2.05) is 13.8 Å². The summed E-state index contributed by atoms with van der Waals surface area (Å²) in [6, 6.07) is 10.5. The van der Waals surface area contributed by atoms with Gasteiger partial charge in [-0.05, 0) is 62.2 Å². The van der Waals surface area contributed by atoms with E-state index in [2.05, 4.69) is 21.2 Å². The van der Waals surface area contributed by atoms with E-state index in [9.17, 15) is 18.0 Å². The number of hydrogen-bond donors (Lipinski definition) is 1. The minimum Gasteiger partial charge on any atom is -0.352 e. The van der Waals surface area contributed by atoms with Crippen LogP contribution in [0, 0.1) is 0 Å². The number of nitrogens with one attached hydrogen (secondary N) is 1. The summed E-state index contributed by atoms with van der Waals surface area (Å²) in [5.74, 6) is -0.895. The number of hydrogen-bond acceptors (Lipinski definition) is 4. The van der Waals surface area contributed by atoms with Crippen molar-refractivity contribution < 1.29 is 18.0 Å². The molecular weight excluding hydrogens is 565 g/mol. The average Bonchev–Trinajstić information content (AvgIpc) is 2.76. The number of rotatable bonds is 10. The van der Waals surface area contributed by atoms with E-state index in [1.165, 1.54) is 4.90 Å². The third-order valence-corrected chi connectivity index (χ3v) is 7.57. The predicted octanol–water partition coefficient (Wildman–Crippen LogP) is 4.85. The normalized spacial score (nSPS) is 13.1. The first kappa shape index (κ1) is 28.4. The summed E-state index contributed by atoms with van der Waals surface area (Å²) in [5.41, 5.74) is 0.914. The summed E-state index contributed by atoms with van der Waals surface area (Å²) < 4.78 is 26.9. The summed E-state index contributed by atoms with van der Waals surface area (Å²) in [4.78, 5) is 27.7. The van der Waals surface area contributed by atoms with Gasteiger partial charge in [0.1, 0.15) is 12.6 Å². The lowest BCUT2D eigenvalue weighted by Crippen LogP contribution is -2.52. The van der Waals surface area contributed by atoms with Crippen LogP contribution in [0.1, 0.15) is 32.8 Å². The molecule has 7 nitrogen and oxygen atoms in total. The van der Waals surface area contributed by atoms with E-state index in [0.717, 1.165) is 21.5 Å². The Kier molecular flexibility index (Phi) is 10.2. The smallest absolute Gasteiger partial charge is 0.244 e. The lowest BCUT2D eigenvalue weighted by Gasteiger charge is -2.32. The standard InChI is InChI=1S/C23H28BrCl2N3O4S/c1-5-15(2)27-23(31)16(3)28(13-17-6-9-19(25)12-21(17)26)22(30)14-29(34(4,32)33)20-10-7-18(24)8-11-20/h6-12,15-16H,5,13-14H2,1-4H3,(H,27,31)/t15-,16+/m0/s1. The van der Waals surface area contributed by atoms with Crippen LogP contribution in [0.25, 0.3) is 0 Å². The van der Waals surface area contributed by atoms with Crippen molar-refractivity contribution in [3.63, 3.8) is 0 Å². The van der Waals surface area contributed by atoms with Crippen LogP contribution in [0.5, 0.6) is 0 Å². The van der Waals surface area contributed by atoms with Crippen molar-refractivity contribution >= 4 is 66.7 Å². The summed E-state index contributed by atoms with van der Waals surface area (Å²) >= 11 is 15.6. The Hall–Kier alpha value is -1.81. The molecule has 0 bridgehead atoms. The summed E-state index contributed by atoms with van der Waals surface area (Å²) in [7, 11) is -3.79. The number of amides is 2. The monoisotopic (exact) mass is 591 g/mol. The third kappa shape index (κ3) is 7.86. The molecule has 0 aromatic heterocycles. The van der Waals surface area contributed by atoms with Gasteiger partial charge in [-0.25, -0.2) is 8.42 Å². The molecule has 11 heteroatoms. The van der Waals surface area contributed by atoms with Crippen LogP contribution in [-0.2, 0) is 26.2 Å². The number of sulfonamides is 1. The van der Waals surface area contributed by atoms with E-state index >= 15 is 0 Å². The molecule has 1 N–H and O–H groups in total. The van der Waals surface area contributed by atoms with Gasteiger partial charge in [0, 0.05) is 27.1 Å². The average molecular weight is 593 g/mol. The highest BCUT2D eigenvalue weighted by molar-refractivity contribution is 9.10. The van der Waals surface area contributed by atoms with E-state index in [-0.39, 0.29) is 18.5 Å². The minimum absolute atomic E-state index is 0.00185. The van der Waals surface area contributed by atoms with Crippen LogP contribution >= 0.6 is 39.1 Å². The first-order valence-electron chi connectivity index (χ1n) is 10.6. The van der Waals surface area contributed by atoms with Crippen LogP contribution < -0.4 is 9.62 Å². The van der Waals surface area contributed by atoms with Crippen molar-refractivity contribution in [2.24, 2.45) is 0 Å². The van der Waals surface area contributed by atoms with Crippen molar-refractivity contribution in [3.8, 4) is 0 Å². The fourth-order valence-electron chi connectivity index (χ4n) is 3.10. The quantitative estimate of drug-likeness (QED) is 0.427. The Bertz CT molecular complexity index is 1130. The van der Waals surface area contributed by atoms with Gasteiger partial charge in [-0.15, -0.1) is 0 Å². The SMILES string of the molecule is CC[C@H](C)NC(=O)[C@@H](C)N(Cc1ccc(Cl)cc1Cl)C(=O)CN(c1ccc(Br)cc1)S(C)(=O)=O.